The monoisotopic (exact) mass is 516 g/mol. The first-order valence-electron chi connectivity index (χ1n) is 12.7. The Morgan fingerprint density at radius 2 is 1.97 bits per heavy atom. The van der Waals surface area contributed by atoms with Crippen molar-refractivity contribution in [3.8, 4) is 11.5 Å². The molecule has 4 N–H and O–H groups in total. The molecule has 5 unspecified atom stereocenters. The Balaban J connectivity index is 1.57. The zero-order chi connectivity index (χ0) is 27.3. The number of carboxylic acid groups (broad SMARTS) is 1. The lowest BCUT2D eigenvalue weighted by Crippen LogP contribution is -2.71. The molecule has 1 amide bonds. The highest BCUT2D eigenvalue weighted by Gasteiger charge is 2.69. The molecular formula is C27H36N2O8. The summed E-state index contributed by atoms with van der Waals surface area (Å²) >= 11 is 0. The van der Waals surface area contributed by atoms with Crippen molar-refractivity contribution in [3.63, 3.8) is 0 Å². The molecule has 1 fully saturated rings. The summed E-state index contributed by atoms with van der Waals surface area (Å²) in [5.74, 6) is -2.19. The Bertz CT molecular complexity index is 1150. The number of likely N-dealkylation sites (tertiary alicyclic amines) is 1. The molecule has 0 bridgehead atoms. The van der Waals surface area contributed by atoms with Crippen molar-refractivity contribution in [1.82, 2.24) is 10.2 Å². The number of aromatic hydroxyl groups is 1. The van der Waals surface area contributed by atoms with Crippen LogP contribution >= 0.6 is 0 Å². The number of phenols is 1. The molecule has 0 radical (unpaired) electrons. The first-order chi connectivity index (χ1) is 17.3. The lowest BCUT2D eigenvalue weighted by atomic mass is 9.54. The van der Waals surface area contributed by atoms with Crippen LogP contribution in [0.2, 0.25) is 0 Å². The fraction of sp³-hybridized carbons (Fsp3) is 0.593. The van der Waals surface area contributed by atoms with Gasteiger partial charge in [-0.05, 0) is 57.5 Å². The zero-order valence-electron chi connectivity index (χ0n) is 21.9. The van der Waals surface area contributed by atoms with Crippen molar-refractivity contribution in [2.75, 3.05) is 13.6 Å². The van der Waals surface area contributed by atoms with Crippen LogP contribution < -0.4 is 10.1 Å². The SMILES string of the molecule is Cc1ccc(O)c2c1C13CCN(C)C(C)C1(O)CC=C(OC(=O)CCC(=O)NC(C(=O)O)C(C)C)C3O2. The number of likely N-dealkylation sites (N-methyl/N-ethyl adjacent to an activating group) is 1. The van der Waals surface area contributed by atoms with Gasteiger partial charge in [0.25, 0.3) is 0 Å². The number of esters is 1. The van der Waals surface area contributed by atoms with Crippen molar-refractivity contribution in [2.24, 2.45) is 5.92 Å². The van der Waals surface area contributed by atoms with Gasteiger partial charge in [-0.2, -0.15) is 0 Å². The van der Waals surface area contributed by atoms with E-state index in [9.17, 15) is 29.7 Å². The van der Waals surface area contributed by atoms with E-state index in [0.717, 1.165) is 11.1 Å². The van der Waals surface area contributed by atoms with Crippen LogP contribution in [-0.4, -0.2) is 75.4 Å². The second-order valence-corrected chi connectivity index (χ2v) is 10.8. The number of ether oxygens (including phenoxy) is 2. The number of benzene rings is 1. The van der Waals surface area contributed by atoms with Crippen LogP contribution in [0.25, 0.3) is 0 Å². The van der Waals surface area contributed by atoms with E-state index >= 15 is 0 Å². The number of hydrogen-bond donors (Lipinski definition) is 4. The van der Waals surface area contributed by atoms with E-state index in [1.807, 2.05) is 20.9 Å². The zero-order valence-corrected chi connectivity index (χ0v) is 21.9. The minimum Gasteiger partial charge on any atom is -0.504 e. The molecule has 10 nitrogen and oxygen atoms in total. The average Bonchev–Trinajstić information content (AvgIpc) is 3.20. The van der Waals surface area contributed by atoms with Crippen LogP contribution in [0.4, 0.5) is 0 Å². The number of carbonyl (C=O) groups excluding carboxylic acids is 2. The quantitative estimate of drug-likeness (QED) is 0.400. The molecular weight excluding hydrogens is 480 g/mol. The summed E-state index contributed by atoms with van der Waals surface area (Å²) in [5, 5.41) is 34.5. The van der Waals surface area contributed by atoms with Gasteiger partial charge in [-0.1, -0.05) is 19.9 Å². The molecule has 10 heteroatoms. The van der Waals surface area contributed by atoms with Crippen molar-refractivity contribution < 1.29 is 39.2 Å². The van der Waals surface area contributed by atoms with Gasteiger partial charge in [-0.25, -0.2) is 4.79 Å². The number of aliphatic carboxylic acids is 1. The van der Waals surface area contributed by atoms with Gasteiger partial charge in [-0.3, -0.25) is 9.59 Å². The topological polar surface area (TPSA) is 146 Å². The largest absolute Gasteiger partial charge is 0.504 e. The number of fused-ring (bicyclic) bond motifs is 1. The van der Waals surface area contributed by atoms with Gasteiger partial charge in [0.15, 0.2) is 17.6 Å². The average molecular weight is 517 g/mol. The maximum atomic E-state index is 12.8. The number of piperidine rings is 1. The number of hydrogen-bond acceptors (Lipinski definition) is 8. The number of aryl methyl sites for hydroxylation is 1. The molecule has 4 rings (SSSR count). The van der Waals surface area contributed by atoms with Gasteiger partial charge in [0.05, 0.1) is 17.4 Å². The molecule has 0 saturated carbocycles. The number of carboxylic acids is 1. The van der Waals surface area contributed by atoms with Crippen LogP contribution in [0.3, 0.4) is 0 Å². The van der Waals surface area contributed by atoms with Gasteiger partial charge in [-0.15, -0.1) is 0 Å². The third-order valence-electron chi connectivity index (χ3n) is 8.37. The molecule has 1 saturated heterocycles. The normalized spacial score (nSPS) is 29.3. The smallest absolute Gasteiger partial charge is 0.326 e. The molecule has 1 aromatic carbocycles. The molecule has 2 heterocycles. The van der Waals surface area contributed by atoms with E-state index in [1.54, 1.807) is 32.1 Å². The Morgan fingerprint density at radius 1 is 1.27 bits per heavy atom. The summed E-state index contributed by atoms with van der Waals surface area (Å²) in [6.07, 6.45) is 1.08. The number of nitrogens with zero attached hydrogens (tertiary/aromatic N) is 1. The Hall–Kier alpha value is -3.11. The molecule has 1 aromatic rings. The van der Waals surface area contributed by atoms with Gasteiger partial charge in [0.2, 0.25) is 5.91 Å². The summed E-state index contributed by atoms with van der Waals surface area (Å²) < 4.78 is 12.0. The highest BCUT2D eigenvalue weighted by Crippen LogP contribution is 2.62. The molecule has 1 spiro atoms. The molecule has 37 heavy (non-hydrogen) atoms. The third kappa shape index (κ3) is 4.25. The van der Waals surface area contributed by atoms with Crippen molar-refractivity contribution in [3.05, 3.63) is 35.1 Å². The first-order valence-corrected chi connectivity index (χ1v) is 12.7. The Morgan fingerprint density at radius 3 is 2.62 bits per heavy atom. The number of aliphatic hydroxyl groups is 1. The van der Waals surface area contributed by atoms with Crippen LogP contribution in [0.5, 0.6) is 11.5 Å². The number of phenolic OH excluding ortho intramolecular Hbond substituents is 1. The van der Waals surface area contributed by atoms with E-state index in [-0.39, 0.29) is 48.5 Å². The summed E-state index contributed by atoms with van der Waals surface area (Å²) in [5.41, 5.74) is -0.583. The number of rotatable bonds is 7. The maximum Gasteiger partial charge on any atom is 0.326 e. The highest BCUT2D eigenvalue weighted by molar-refractivity contribution is 5.86. The van der Waals surface area contributed by atoms with E-state index in [0.29, 0.717) is 13.0 Å². The Kier molecular flexibility index (Phi) is 7.02. The van der Waals surface area contributed by atoms with Gasteiger partial charge >= 0.3 is 11.9 Å². The summed E-state index contributed by atoms with van der Waals surface area (Å²) in [7, 11) is 1.95. The van der Waals surface area contributed by atoms with Crippen molar-refractivity contribution in [2.45, 2.75) is 82.6 Å². The minimum atomic E-state index is -1.24. The lowest BCUT2D eigenvalue weighted by Gasteiger charge is -2.58. The maximum absolute atomic E-state index is 12.8. The molecule has 0 aromatic heterocycles. The molecule has 3 aliphatic rings. The van der Waals surface area contributed by atoms with Crippen LogP contribution in [0.15, 0.2) is 24.0 Å². The Labute approximate surface area is 216 Å². The van der Waals surface area contributed by atoms with E-state index < -0.39 is 41.0 Å². The lowest BCUT2D eigenvalue weighted by molar-refractivity contribution is -0.162. The van der Waals surface area contributed by atoms with Gasteiger partial charge in [0.1, 0.15) is 11.8 Å². The van der Waals surface area contributed by atoms with E-state index in [1.165, 1.54) is 0 Å². The third-order valence-corrected chi connectivity index (χ3v) is 8.37. The fourth-order valence-electron chi connectivity index (χ4n) is 6.16. The predicted octanol–water partition coefficient (Wildman–Crippen LogP) is 1.99. The molecule has 5 atom stereocenters. The molecule has 202 valence electrons. The first kappa shape index (κ1) is 26.9. The summed E-state index contributed by atoms with van der Waals surface area (Å²) in [6, 6.07) is 2.06. The minimum absolute atomic E-state index is 0.0428. The van der Waals surface area contributed by atoms with Crippen LogP contribution in [0, 0.1) is 12.8 Å². The van der Waals surface area contributed by atoms with Crippen molar-refractivity contribution >= 4 is 17.8 Å². The van der Waals surface area contributed by atoms with E-state index in [4.69, 9.17) is 9.47 Å². The van der Waals surface area contributed by atoms with E-state index in [2.05, 4.69) is 10.2 Å². The van der Waals surface area contributed by atoms with Crippen LogP contribution in [-0.2, 0) is 24.5 Å². The summed E-state index contributed by atoms with van der Waals surface area (Å²) in [4.78, 5) is 38.5. The second kappa shape index (κ2) is 9.64. The summed E-state index contributed by atoms with van der Waals surface area (Å²) in [6.45, 7) is 7.90. The molecule has 2 aliphatic heterocycles. The standard InChI is InChI=1S/C27H36N2O8/c1-14(2)22(25(33)34)28-19(31)8-9-20(32)36-18-10-11-27(35)16(4)29(5)13-12-26(27)21-15(3)6-7-17(30)23(21)37-24(18)26/h6-7,10,14,16,22,24,30,35H,8-9,11-13H2,1-5H3,(H,28,31)(H,33,34). The number of nitrogens with one attached hydrogen (secondary N) is 1. The number of amides is 1. The van der Waals surface area contributed by atoms with Gasteiger partial charge < -0.3 is 35.0 Å². The number of carbonyl (C=O) groups is 3. The van der Waals surface area contributed by atoms with Crippen LogP contribution in [0.1, 0.15) is 57.6 Å². The fourth-order valence-corrected chi connectivity index (χ4v) is 6.16. The molecule has 1 aliphatic carbocycles. The predicted molar refractivity (Wildman–Crippen MR) is 133 cm³/mol. The second-order valence-electron chi connectivity index (χ2n) is 10.8. The van der Waals surface area contributed by atoms with Crippen molar-refractivity contribution in [1.29, 1.82) is 0 Å². The highest BCUT2D eigenvalue weighted by atomic mass is 16.6. The van der Waals surface area contributed by atoms with Gasteiger partial charge in [0, 0.05) is 24.4 Å².